The average molecular weight is 188 g/mol. The van der Waals surface area contributed by atoms with Crippen molar-refractivity contribution in [1.29, 1.82) is 0 Å². The Bertz CT molecular complexity index is 117. The fraction of sp³-hybridized carbons (Fsp3) is 1.00. The van der Waals surface area contributed by atoms with Crippen molar-refractivity contribution in [3.8, 4) is 0 Å². The third kappa shape index (κ3) is 2.13. The highest BCUT2D eigenvalue weighted by atomic mass is 32.2. The summed E-state index contributed by atoms with van der Waals surface area (Å²) in [4.78, 5) is 2.45. The van der Waals surface area contributed by atoms with Crippen molar-refractivity contribution < 1.29 is 4.18 Å². The molecule has 2 heterocycles. The summed E-state index contributed by atoms with van der Waals surface area (Å²) in [5.41, 5.74) is 0. The molecule has 1 atom stereocenters. The topological polar surface area (TPSA) is 24.5 Å². The molecule has 0 aromatic carbocycles. The highest BCUT2D eigenvalue weighted by molar-refractivity contribution is 7.94. The molecule has 0 spiro atoms. The van der Waals surface area contributed by atoms with Gasteiger partial charge in [-0.05, 0) is 24.9 Å². The quantitative estimate of drug-likeness (QED) is 0.612. The second-order valence-corrected chi connectivity index (χ2v) is 4.14. The third-order valence-corrected chi connectivity index (χ3v) is 3.23. The molecule has 0 aliphatic carbocycles. The van der Waals surface area contributed by atoms with Crippen LogP contribution < -0.4 is 5.32 Å². The first-order chi connectivity index (χ1) is 5.97. The first-order valence-electron chi connectivity index (χ1n) is 4.70. The van der Waals surface area contributed by atoms with Gasteiger partial charge in [0.2, 0.25) is 0 Å². The van der Waals surface area contributed by atoms with Crippen LogP contribution in [0.5, 0.6) is 0 Å². The molecule has 0 radical (unpaired) electrons. The molecule has 1 N–H and O–H groups in total. The molecule has 2 aliphatic heterocycles. The summed E-state index contributed by atoms with van der Waals surface area (Å²) in [6, 6.07) is 0. The Morgan fingerprint density at radius 3 is 2.83 bits per heavy atom. The standard InChI is InChI=1S/C8H16N2OS/c1-2-8(11-12-7-1)10-5-3-9-4-6-10/h8-9H,1-7H2. The van der Waals surface area contributed by atoms with E-state index in [9.17, 15) is 0 Å². The highest BCUT2D eigenvalue weighted by Crippen LogP contribution is 2.23. The van der Waals surface area contributed by atoms with Crippen molar-refractivity contribution in [2.45, 2.75) is 19.1 Å². The van der Waals surface area contributed by atoms with Gasteiger partial charge in [-0.15, -0.1) is 0 Å². The van der Waals surface area contributed by atoms with Crippen LogP contribution in [0.25, 0.3) is 0 Å². The maximum absolute atomic E-state index is 5.63. The monoisotopic (exact) mass is 188 g/mol. The minimum Gasteiger partial charge on any atom is -0.314 e. The lowest BCUT2D eigenvalue weighted by Gasteiger charge is -2.35. The Balaban J connectivity index is 1.80. The fourth-order valence-electron chi connectivity index (χ4n) is 1.71. The van der Waals surface area contributed by atoms with Gasteiger partial charge >= 0.3 is 0 Å². The van der Waals surface area contributed by atoms with Crippen LogP contribution in [0.4, 0.5) is 0 Å². The van der Waals surface area contributed by atoms with E-state index in [1.807, 2.05) is 0 Å². The van der Waals surface area contributed by atoms with Gasteiger partial charge in [0.25, 0.3) is 0 Å². The SMILES string of the molecule is C1CSOC(N2CCNCC2)C1. The van der Waals surface area contributed by atoms with Crippen molar-refractivity contribution in [2.24, 2.45) is 0 Å². The molecule has 0 aromatic rings. The molecule has 70 valence electrons. The van der Waals surface area contributed by atoms with Gasteiger partial charge in [0, 0.05) is 31.9 Å². The van der Waals surface area contributed by atoms with E-state index in [0.29, 0.717) is 6.23 Å². The molecule has 3 nitrogen and oxygen atoms in total. The average Bonchev–Trinajstić information content (AvgIpc) is 2.21. The second kappa shape index (κ2) is 4.46. The maximum Gasteiger partial charge on any atom is 0.125 e. The Morgan fingerprint density at radius 2 is 2.17 bits per heavy atom. The zero-order valence-corrected chi connectivity index (χ0v) is 8.11. The molecule has 0 saturated carbocycles. The van der Waals surface area contributed by atoms with E-state index in [1.54, 1.807) is 12.0 Å². The summed E-state index contributed by atoms with van der Waals surface area (Å²) < 4.78 is 5.63. The van der Waals surface area contributed by atoms with Crippen molar-refractivity contribution in [3.05, 3.63) is 0 Å². The fourth-order valence-corrected chi connectivity index (χ4v) is 2.46. The number of nitrogens with zero attached hydrogens (tertiary/aromatic N) is 1. The van der Waals surface area contributed by atoms with Gasteiger partial charge < -0.3 is 5.32 Å². The summed E-state index contributed by atoms with van der Waals surface area (Å²) >= 11 is 1.63. The van der Waals surface area contributed by atoms with Gasteiger partial charge in [-0.25, -0.2) is 0 Å². The summed E-state index contributed by atoms with van der Waals surface area (Å²) in [6.07, 6.45) is 2.91. The molecule has 0 amide bonds. The van der Waals surface area contributed by atoms with E-state index < -0.39 is 0 Å². The lowest BCUT2D eigenvalue weighted by Crippen LogP contribution is -2.49. The van der Waals surface area contributed by atoms with Crippen LogP contribution in [-0.2, 0) is 4.18 Å². The van der Waals surface area contributed by atoms with Crippen LogP contribution in [0.1, 0.15) is 12.8 Å². The molecule has 1 unspecified atom stereocenters. The molecular weight excluding hydrogens is 172 g/mol. The van der Waals surface area contributed by atoms with Gasteiger partial charge in [-0.3, -0.25) is 9.08 Å². The van der Waals surface area contributed by atoms with Crippen LogP contribution in [0.3, 0.4) is 0 Å². The van der Waals surface area contributed by atoms with E-state index >= 15 is 0 Å². The van der Waals surface area contributed by atoms with Gasteiger partial charge in [-0.1, -0.05) is 0 Å². The molecular formula is C8H16N2OS. The number of rotatable bonds is 1. The lowest BCUT2D eigenvalue weighted by molar-refractivity contribution is 0.0201. The molecule has 2 saturated heterocycles. The van der Waals surface area contributed by atoms with Gasteiger partial charge in [0.15, 0.2) is 0 Å². The largest absolute Gasteiger partial charge is 0.314 e. The smallest absolute Gasteiger partial charge is 0.125 e. The summed E-state index contributed by atoms with van der Waals surface area (Å²) in [5, 5.41) is 3.35. The van der Waals surface area contributed by atoms with E-state index in [2.05, 4.69) is 10.2 Å². The third-order valence-electron chi connectivity index (χ3n) is 2.42. The van der Waals surface area contributed by atoms with E-state index in [1.165, 1.54) is 18.6 Å². The molecule has 2 fully saturated rings. The van der Waals surface area contributed by atoms with Gasteiger partial charge in [0.1, 0.15) is 6.23 Å². The Hall–Kier alpha value is 0.230. The van der Waals surface area contributed by atoms with Crippen LogP contribution in [0.2, 0.25) is 0 Å². The second-order valence-electron chi connectivity index (χ2n) is 3.30. The predicted molar refractivity (Wildman–Crippen MR) is 51.0 cm³/mol. The van der Waals surface area contributed by atoms with Crippen molar-refractivity contribution in [1.82, 2.24) is 10.2 Å². The number of hydrogen-bond acceptors (Lipinski definition) is 4. The maximum atomic E-state index is 5.63. The minimum atomic E-state index is 0.394. The molecule has 12 heavy (non-hydrogen) atoms. The number of hydrogen-bond donors (Lipinski definition) is 1. The first kappa shape index (κ1) is 8.81. The zero-order chi connectivity index (χ0) is 8.23. The van der Waals surface area contributed by atoms with Crippen LogP contribution >= 0.6 is 12.0 Å². The normalized spacial score (nSPS) is 33.5. The highest BCUT2D eigenvalue weighted by Gasteiger charge is 2.23. The summed E-state index contributed by atoms with van der Waals surface area (Å²) in [5.74, 6) is 1.17. The number of piperazine rings is 1. The van der Waals surface area contributed by atoms with Crippen molar-refractivity contribution in [2.75, 3.05) is 31.9 Å². The minimum absolute atomic E-state index is 0.394. The van der Waals surface area contributed by atoms with Crippen molar-refractivity contribution >= 4 is 12.0 Å². The molecule has 4 heteroatoms. The van der Waals surface area contributed by atoms with Crippen LogP contribution in [-0.4, -0.2) is 43.1 Å². The molecule has 2 aliphatic rings. The van der Waals surface area contributed by atoms with Crippen molar-refractivity contribution in [3.63, 3.8) is 0 Å². The van der Waals surface area contributed by atoms with Crippen LogP contribution in [0, 0.1) is 0 Å². The zero-order valence-electron chi connectivity index (χ0n) is 7.29. The molecule has 0 aromatic heterocycles. The first-order valence-corrected chi connectivity index (χ1v) is 5.61. The van der Waals surface area contributed by atoms with Gasteiger partial charge in [0.05, 0.1) is 0 Å². The number of nitrogens with one attached hydrogen (secondary N) is 1. The lowest BCUT2D eigenvalue weighted by atomic mass is 10.2. The predicted octanol–water partition coefficient (Wildman–Crippen LogP) is 0.676. The summed E-state index contributed by atoms with van der Waals surface area (Å²) in [7, 11) is 0. The Kier molecular flexibility index (Phi) is 3.28. The molecule has 0 bridgehead atoms. The van der Waals surface area contributed by atoms with Gasteiger partial charge in [-0.2, -0.15) is 0 Å². The summed E-state index contributed by atoms with van der Waals surface area (Å²) in [6.45, 7) is 4.52. The van der Waals surface area contributed by atoms with E-state index in [4.69, 9.17) is 4.18 Å². The molecule has 2 rings (SSSR count). The Labute approximate surface area is 78.0 Å². The van der Waals surface area contributed by atoms with E-state index in [-0.39, 0.29) is 0 Å². The van der Waals surface area contributed by atoms with Crippen LogP contribution in [0.15, 0.2) is 0 Å². The Morgan fingerprint density at radius 1 is 1.33 bits per heavy atom. The van der Waals surface area contributed by atoms with E-state index in [0.717, 1.165) is 26.2 Å².